The van der Waals surface area contributed by atoms with Crippen LogP contribution in [0.4, 0.5) is 5.13 Å². The predicted octanol–water partition coefficient (Wildman–Crippen LogP) is 3.36. The van der Waals surface area contributed by atoms with Gasteiger partial charge in [-0.3, -0.25) is 4.79 Å². The highest BCUT2D eigenvalue weighted by atomic mass is 32.2. The molecule has 0 saturated carbocycles. The van der Waals surface area contributed by atoms with Crippen molar-refractivity contribution in [2.24, 2.45) is 5.92 Å². The molecule has 1 atom stereocenters. The summed E-state index contributed by atoms with van der Waals surface area (Å²) < 4.78 is 34.2. The van der Waals surface area contributed by atoms with Crippen LogP contribution in [0.5, 0.6) is 5.75 Å². The van der Waals surface area contributed by atoms with E-state index in [0.717, 1.165) is 27.5 Å². The molecule has 2 aliphatic heterocycles. The highest BCUT2D eigenvalue weighted by Crippen LogP contribution is 2.36. The maximum atomic E-state index is 13.3. The molecule has 0 radical (unpaired) electrons. The highest BCUT2D eigenvalue weighted by molar-refractivity contribution is 7.89. The minimum Gasteiger partial charge on any atom is -0.494 e. The zero-order valence-corrected chi connectivity index (χ0v) is 21.6. The van der Waals surface area contributed by atoms with Crippen molar-refractivity contribution >= 4 is 42.6 Å². The summed E-state index contributed by atoms with van der Waals surface area (Å²) in [6, 6.07) is 12.5. The molecule has 0 aliphatic carbocycles. The monoisotopic (exact) mass is 514 g/mol. The normalized spacial score (nSPS) is 19.8. The molecular weight excluding hydrogens is 484 g/mol. The number of piperidine rings is 1. The first-order chi connectivity index (χ1) is 16.9. The Balaban J connectivity index is 1.24. The number of anilines is 1. The molecule has 2 fully saturated rings. The maximum Gasteiger partial charge on any atom is 0.243 e. The van der Waals surface area contributed by atoms with E-state index in [1.165, 1.54) is 9.87 Å². The van der Waals surface area contributed by atoms with E-state index < -0.39 is 10.0 Å². The topological polar surface area (TPSA) is 83.0 Å². The van der Waals surface area contributed by atoms with E-state index >= 15 is 0 Å². The Kier molecular flexibility index (Phi) is 6.69. The average molecular weight is 515 g/mol. The zero-order valence-electron chi connectivity index (χ0n) is 20.0. The average Bonchev–Trinajstić information content (AvgIpc) is 3.36. The molecular formula is C25H30N4O4S2. The molecule has 2 saturated heterocycles. The SMILES string of the molecule is COc1ccc(C)c2sc(N3CCN(C(=O)C4CCCN(S(=O)(=O)c5ccccc5)C4)CC3)nc12. The fourth-order valence-electron chi connectivity index (χ4n) is 4.88. The lowest BCUT2D eigenvalue weighted by Crippen LogP contribution is -2.53. The number of carbonyl (C=O) groups excluding carboxylic acids is 1. The number of fused-ring (bicyclic) bond motifs is 1. The van der Waals surface area contributed by atoms with Crippen molar-refractivity contribution < 1.29 is 17.9 Å². The second-order valence-electron chi connectivity index (χ2n) is 9.09. The Morgan fingerprint density at radius 3 is 2.51 bits per heavy atom. The van der Waals surface area contributed by atoms with Crippen LogP contribution in [0.25, 0.3) is 10.2 Å². The Morgan fingerprint density at radius 2 is 1.80 bits per heavy atom. The van der Waals surface area contributed by atoms with Gasteiger partial charge in [0.25, 0.3) is 0 Å². The number of hydrogen-bond donors (Lipinski definition) is 0. The molecule has 5 rings (SSSR count). The number of aryl methyl sites for hydroxylation is 1. The van der Waals surface area contributed by atoms with Gasteiger partial charge in [0, 0.05) is 39.3 Å². The summed E-state index contributed by atoms with van der Waals surface area (Å²) in [5.41, 5.74) is 2.05. The first-order valence-electron chi connectivity index (χ1n) is 11.9. The van der Waals surface area contributed by atoms with Gasteiger partial charge < -0.3 is 14.5 Å². The van der Waals surface area contributed by atoms with Crippen LogP contribution in [0.1, 0.15) is 18.4 Å². The van der Waals surface area contributed by atoms with Gasteiger partial charge >= 0.3 is 0 Å². The summed E-state index contributed by atoms with van der Waals surface area (Å²) in [6.45, 7) is 5.38. The van der Waals surface area contributed by atoms with Crippen molar-refractivity contribution in [2.75, 3.05) is 51.3 Å². The van der Waals surface area contributed by atoms with Gasteiger partial charge in [0.1, 0.15) is 11.3 Å². The number of benzene rings is 2. The summed E-state index contributed by atoms with van der Waals surface area (Å²) >= 11 is 1.66. The van der Waals surface area contributed by atoms with Gasteiger partial charge in [-0.05, 0) is 43.5 Å². The molecule has 186 valence electrons. The van der Waals surface area contributed by atoms with E-state index in [9.17, 15) is 13.2 Å². The third-order valence-electron chi connectivity index (χ3n) is 6.89. The lowest BCUT2D eigenvalue weighted by atomic mass is 9.98. The van der Waals surface area contributed by atoms with E-state index in [0.29, 0.717) is 39.1 Å². The van der Waals surface area contributed by atoms with E-state index in [1.807, 2.05) is 17.0 Å². The largest absolute Gasteiger partial charge is 0.494 e. The number of nitrogens with zero attached hydrogens (tertiary/aromatic N) is 4. The van der Waals surface area contributed by atoms with E-state index in [1.54, 1.807) is 48.8 Å². The molecule has 10 heteroatoms. The van der Waals surface area contributed by atoms with Crippen LogP contribution < -0.4 is 9.64 Å². The van der Waals surface area contributed by atoms with Crippen LogP contribution in [0, 0.1) is 12.8 Å². The molecule has 3 aromatic rings. The lowest BCUT2D eigenvalue weighted by molar-refractivity contribution is -0.137. The van der Waals surface area contributed by atoms with E-state index in [2.05, 4.69) is 11.8 Å². The quantitative estimate of drug-likeness (QED) is 0.519. The Labute approximate surface area is 210 Å². The number of amides is 1. The molecule has 8 nitrogen and oxygen atoms in total. The first kappa shape index (κ1) is 24.0. The van der Waals surface area contributed by atoms with Crippen LogP contribution in [0.2, 0.25) is 0 Å². The molecule has 2 aromatic carbocycles. The van der Waals surface area contributed by atoms with Gasteiger partial charge in [0.05, 0.1) is 22.6 Å². The van der Waals surface area contributed by atoms with Crippen LogP contribution >= 0.6 is 11.3 Å². The van der Waals surface area contributed by atoms with Gasteiger partial charge in [-0.2, -0.15) is 4.31 Å². The van der Waals surface area contributed by atoms with Crippen LogP contribution in [-0.4, -0.2) is 74.9 Å². The van der Waals surface area contributed by atoms with Crippen molar-refractivity contribution in [2.45, 2.75) is 24.7 Å². The molecule has 1 unspecified atom stereocenters. The molecule has 0 N–H and O–H groups in total. The third-order valence-corrected chi connectivity index (χ3v) is 10.0. The van der Waals surface area contributed by atoms with Crippen LogP contribution in [-0.2, 0) is 14.8 Å². The summed E-state index contributed by atoms with van der Waals surface area (Å²) in [5.74, 6) is 0.525. The molecule has 35 heavy (non-hydrogen) atoms. The van der Waals surface area contributed by atoms with Crippen molar-refractivity contribution in [3.63, 3.8) is 0 Å². The molecule has 0 spiro atoms. The fourth-order valence-corrected chi connectivity index (χ4v) is 7.53. The van der Waals surface area contributed by atoms with E-state index in [-0.39, 0.29) is 23.3 Å². The smallest absolute Gasteiger partial charge is 0.243 e. The fraction of sp³-hybridized carbons (Fsp3) is 0.440. The minimum absolute atomic E-state index is 0.0550. The van der Waals surface area contributed by atoms with Crippen molar-refractivity contribution in [1.29, 1.82) is 0 Å². The van der Waals surface area contributed by atoms with Crippen molar-refractivity contribution in [3.05, 3.63) is 48.0 Å². The second kappa shape index (κ2) is 9.75. The number of hydrogen-bond acceptors (Lipinski definition) is 7. The molecule has 1 amide bonds. The Bertz CT molecular complexity index is 1320. The number of carbonyl (C=O) groups is 1. The van der Waals surface area contributed by atoms with Gasteiger partial charge in [-0.25, -0.2) is 13.4 Å². The van der Waals surface area contributed by atoms with Gasteiger partial charge in [-0.15, -0.1) is 0 Å². The second-order valence-corrected chi connectivity index (χ2v) is 12.0. The number of methoxy groups -OCH3 is 1. The summed E-state index contributed by atoms with van der Waals surface area (Å²) in [5, 5.41) is 0.942. The molecule has 3 heterocycles. The first-order valence-corrected chi connectivity index (χ1v) is 14.2. The number of piperazine rings is 1. The minimum atomic E-state index is -3.59. The maximum absolute atomic E-state index is 13.3. The van der Waals surface area contributed by atoms with E-state index in [4.69, 9.17) is 9.72 Å². The summed E-state index contributed by atoms with van der Waals surface area (Å²) in [6.07, 6.45) is 1.41. The molecule has 2 aliphatic rings. The third kappa shape index (κ3) is 4.62. The van der Waals surface area contributed by atoms with Gasteiger partial charge in [0.15, 0.2) is 5.13 Å². The van der Waals surface area contributed by atoms with Gasteiger partial charge in [0.2, 0.25) is 15.9 Å². The van der Waals surface area contributed by atoms with Crippen LogP contribution in [0.15, 0.2) is 47.4 Å². The zero-order chi connectivity index (χ0) is 24.6. The Hall–Kier alpha value is -2.69. The number of rotatable bonds is 5. The van der Waals surface area contributed by atoms with Crippen LogP contribution in [0.3, 0.4) is 0 Å². The van der Waals surface area contributed by atoms with Crippen molar-refractivity contribution in [3.8, 4) is 5.75 Å². The highest BCUT2D eigenvalue weighted by Gasteiger charge is 2.36. The number of sulfonamides is 1. The van der Waals surface area contributed by atoms with Gasteiger partial charge in [-0.1, -0.05) is 35.6 Å². The summed E-state index contributed by atoms with van der Waals surface area (Å²) in [7, 11) is -1.93. The molecule has 1 aromatic heterocycles. The molecule has 0 bridgehead atoms. The predicted molar refractivity (Wildman–Crippen MR) is 138 cm³/mol. The summed E-state index contributed by atoms with van der Waals surface area (Å²) in [4.78, 5) is 22.6. The number of ether oxygens (including phenoxy) is 1. The van der Waals surface area contributed by atoms with Crippen molar-refractivity contribution in [1.82, 2.24) is 14.2 Å². The standard InChI is InChI=1S/C25H30N4O4S2/c1-18-10-11-21(33-2)22-23(18)34-25(26-22)28-15-13-27(14-16-28)24(30)19-7-6-12-29(17-19)35(31,32)20-8-4-3-5-9-20/h3-5,8-11,19H,6-7,12-17H2,1-2H3. The number of aromatic nitrogens is 1. The number of thiazole rings is 1. The lowest BCUT2D eigenvalue weighted by Gasteiger charge is -2.38. The Morgan fingerprint density at radius 1 is 1.06 bits per heavy atom.